The molecule has 1 aliphatic heterocycles. The summed E-state index contributed by atoms with van der Waals surface area (Å²) in [7, 11) is 0. The molecule has 2 rings (SSSR count). The zero-order valence-corrected chi connectivity index (χ0v) is 12.2. The van der Waals surface area contributed by atoms with E-state index in [1.165, 1.54) is 5.56 Å². The van der Waals surface area contributed by atoms with Gasteiger partial charge in [0.15, 0.2) is 0 Å². The van der Waals surface area contributed by atoms with Crippen molar-refractivity contribution in [2.45, 2.75) is 32.2 Å². The van der Waals surface area contributed by atoms with Crippen LogP contribution in [0.5, 0.6) is 0 Å². The first-order valence-electron chi connectivity index (χ1n) is 7.35. The van der Waals surface area contributed by atoms with E-state index in [1.807, 2.05) is 6.07 Å². The van der Waals surface area contributed by atoms with Crippen LogP contribution < -0.4 is 16.4 Å². The average molecular weight is 275 g/mol. The molecule has 0 spiro atoms. The second-order valence-electron chi connectivity index (χ2n) is 5.91. The number of piperidine rings is 1. The summed E-state index contributed by atoms with van der Waals surface area (Å²) in [5.74, 6) is 0.0240. The minimum atomic E-state index is 0.0240. The van der Waals surface area contributed by atoms with Gasteiger partial charge in [-0.3, -0.25) is 4.79 Å². The lowest BCUT2D eigenvalue weighted by Crippen LogP contribution is -2.52. The number of hydrogen-bond donors (Lipinski definition) is 3. The Labute approximate surface area is 121 Å². The highest BCUT2D eigenvalue weighted by atomic mass is 16.1. The molecule has 2 atom stereocenters. The molecule has 110 valence electrons. The molecule has 1 aliphatic rings. The molecule has 0 saturated carbocycles. The van der Waals surface area contributed by atoms with Crippen molar-refractivity contribution in [1.82, 2.24) is 10.6 Å². The fourth-order valence-electron chi connectivity index (χ4n) is 3.01. The van der Waals surface area contributed by atoms with Crippen molar-refractivity contribution in [3.8, 4) is 0 Å². The van der Waals surface area contributed by atoms with Gasteiger partial charge in [0.2, 0.25) is 5.91 Å². The lowest BCUT2D eigenvalue weighted by Gasteiger charge is -2.41. The molecule has 1 fully saturated rings. The van der Waals surface area contributed by atoms with Crippen LogP contribution in [-0.2, 0) is 11.2 Å². The lowest BCUT2D eigenvalue weighted by atomic mass is 9.74. The number of hydrogen-bond acceptors (Lipinski definition) is 3. The summed E-state index contributed by atoms with van der Waals surface area (Å²) in [5, 5.41) is 6.52. The second-order valence-corrected chi connectivity index (χ2v) is 5.91. The van der Waals surface area contributed by atoms with E-state index < -0.39 is 0 Å². The summed E-state index contributed by atoms with van der Waals surface area (Å²) in [6.07, 6.45) is 3.05. The summed E-state index contributed by atoms with van der Waals surface area (Å²) in [4.78, 5) is 11.1. The highest BCUT2D eigenvalue weighted by Gasteiger charge is 2.35. The zero-order chi connectivity index (χ0) is 14.4. The molecular weight excluding hydrogens is 250 g/mol. The number of amides is 1. The molecule has 0 aromatic heterocycles. The Hall–Kier alpha value is -1.39. The number of carbonyl (C=O) groups excluding carboxylic acids is 1. The van der Waals surface area contributed by atoms with Gasteiger partial charge in [-0.1, -0.05) is 30.3 Å². The average Bonchev–Trinajstić information content (AvgIpc) is 2.47. The Morgan fingerprint density at radius 3 is 2.85 bits per heavy atom. The lowest BCUT2D eigenvalue weighted by molar-refractivity contribution is -0.119. The van der Waals surface area contributed by atoms with Crippen molar-refractivity contribution >= 4 is 5.91 Å². The van der Waals surface area contributed by atoms with E-state index in [0.717, 1.165) is 25.8 Å². The van der Waals surface area contributed by atoms with E-state index in [4.69, 9.17) is 5.73 Å². The van der Waals surface area contributed by atoms with Crippen LogP contribution in [0, 0.1) is 5.41 Å². The van der Waals surface area contributed by atoms with Crippen LogP contribution >= 0.6 is 0 Å². The number of rotatable bonds is 5. The molecular formula is C16H25N3O. The van der Waals surface area contributed by atoms with Gasteiger partial charge in [-0.2, -0.15) is 0 Å². The molecule has 0 bridgehead atoms. The van der Waals surface area contributed by atoms with Gasteiger partial charge < -0.3 is 16.4 Å². The van der Waals surface area contributed by atoms with E-state index in [-0.39, 0.29) is 11.3 Å². The molecule has 0 aliphatic carbocycles. The highest BCUT2D eigenvalue weighted by molar-refractivity contribution is 5.72. The van der Waals surface area contributed by atoms with E-state index in [0.29, 0.717) is 19.1 Å². The maximum atomic E-state index is 11.1. The van der Waals surface area contributed by atoms with Gasteiger partial charge in [-0.15, -0.1) is 0 Å². The number of nitrogens with two attached hydrogens (primary N) is 1. The van der Waals surface area contributed by atoms with E-state index >= 15 is 0 Å². The van der Waals surface area contributed by atoms with Crippen molar-refractivity contribution in [1.29, 1.82) is 0 Å². The Balaban J connectivity index is 1.97. The maximum Gasteiger partial charge on any atom is 0.216 e. The third kappa shape index (κ3) is 4.05. The predicted octanol–water partition coefficient (Wildman–Crippen LogP) is 1.06. The summed E-state index contributed by atoms with van der Waals surface area (Å²) < 4.78 is 0. The van der Waals surface area contributed by atoms with Crippen LogP contribution in [-0.4, -0.2) is 31.6 Å². The molecule has 1 aromatic rings. The van der Waals surface area contributed by atoms with Crippen LogP contribution in [0.4, 0.5) is 0 Å². The molecule has 1 saturated heterocycles. The SMILES string of the molecule is CC(=O)NCC1(CN)CCNC(Cc2ccccc2)C1. The monoisotopic (exact) mass is 275 g/mol. The van der Waals surface area contributed by atoms with Crippen LogP contribution in [0.3, 0.4) is 0 Å². The molecule has 4 nitrogen and oxygen atoms in total. The molecule has 1 heterocycles. The quantitative estimate of drug-likeness (QED) is 0.753. The zero-order valence-electron chi connectivity index (χ0n) is 12.2. The molecule has 1 amide bonds. The highest BCUT2D eigenvalue weighted by Crippen LogP contribution is 2.30. The minimum Gasteiger partial charge on any atom is -0.356 e. The molecule has 4 N–H and O–H groups in total. The molecule has 2 unspecified atom stereocenters. The van der Waals surface area contributed by atoms with Gasteiger partial charge >= 0.3 is 0 Å². The van der Waals surface area contributed by atoms with Crippen LogP contribution in [0.25, 0.3) is 0 Å². The van der Waals surface area contributed by atoms with Crippen molar-refractivity contribution < 1.29 is 4.79 Å². The maximum absolute atomic E-state index is 11.1. The topological polar surface area (TPSA) is 67.2 Å². The largest absolute Gasteiger partial charge is 0.356 e. The van der Waals surface area contributed by atoms with Crippen LogP contribution in [0.2, 0.25) is 0 Å². The number of benzene rings is 1. The number of nitrogens with one attached hydrogen (secondary N) is 2. The standard InChI is InChI=1S/C16H25N3O/c1-13(20)19-12-16(11-17)7-8-18-15(10-16)9-14-5-3-2-4-6-14/h2-6,15,18H,7-12,17H2,1H3,(H,19,20). The fraction of sp³-hybridized carbons (Fsp3) is 0.562. The van der Waals surface area contributed by atoms with Gasteiger partial charge in [0.1, 0.15) is 0 Å². The minimum absolute atomic E-state index is 0.0240. The first-order valence-corrected chi connectivity index (χ1v) is 7.35. The summed E-state index contributed by atoms with van der Waals surface area (Å²) in [5.41, 5.74) is 7.38. The van der Waals surface area contributed by atoms with Crippen LogP contribution in [0.15, 0.2) is 30.3 Å². The molecule has 0 radical (unpaired) electrons. The van der Waals surface area contributed by atoms with Gasteiger partial charge in [0.05, 0.1) is 0 Å². The third-order valence-electron chi connectivity index (χ3n) is 4.24. The normalized spacial score (nSPS) is 26.2. The van der Waals surface area contributed by atoms with E-state index in [9.17, 15) is 4.79 Å². The van der Waals surface area contributed by atoms with Gasteiger partial charge in [-0.25, -0.2) is 0 Å². The van der Waals surface area contributed by atoms with E-state index in [1.54, 1.807) is 6.92 Å². The Morgan fingerprint density at radius 1 is 1.45 bits per heavy atom. The van der Waals surface area contributed by atoms with Gasteiger partial charge in [-0.05, 0) is 37.9 Å². The van der Waals surface area contributed by atoms with Crippen molar-refractivity contribution in [3.63, 3.8) is 0 Å². The summed E-state index contributed by atoms with van der Waals surface area (Å²) >= 11 is 0. The second kappa shape index (κ2) is 6.86. The summed E-state index contributed by atoms with van der Waals surface area (Å²) in [6.45, 7) is 3.84. The molecule has 20 heavy (non-hydrogen) atoms. The number of carbonyl (C=O) groups is 1. The molecule has 1 aromatic carbocycles. The van der Waals surface area contributed by atoms with Crippen molar-refractivity contribution in [2.75, 3.05) is 19.6 Å². The Kier molecular flexibility index (Phi) is 5.15. The Morgan fingerprint density at radius 2 is 2.20 bits per heavy atom. The van der Waals surface area contributed by atoms with Crippen LogP contribution in [0.1, 0.15) is 25.3 Å². The molecule has 4 heteroatoms. The van der Waals surface area contributed by atoms with Crippen molar-refractivity contribution in [3.05, 3.63) is 35.9 Å². The fourth-order valence-corrected chi connectivity index (χ4v) is 3.01. The van der Waals surface area contributed by atoms with Crippen molar-refractivity contribution in [2.24, 2.45) is 11.1 Å². The third-order valence-corrected chi connectivity index (χ3v) is 4.24. The van der Waals surface area contributed by atoms with E-state index in [2.05, 4.69) is 34.9 Å². The first-order chi connectivity index (χ1) is 9.63. The first kappa shape index (κ1) is 15.0. The summed E-state index contributed by atoms with van der Waals surface area (Å²) in [6, 6.07) is 10.9. The Bertz CT molecular complexity index is 435. The van der Waals surface area contributed by atoms with Gasteiger partial charge in [0, 0.05) is 24.9 Å². The van der Waals surface area contributed by atoms with Gasteiger partial charge in [0.25, 0.3) is 0 Å². The predicted molar refractivity (Wildman–Crippen MR) is 81.3 cm³/mol. The smallest absolute Gasteiger partial charge is 0.216 e.